The predicted molar refractivity (Wildman–Crippen MR) is 57.4 cm³/mol. The molecule has 2 rings (SSSR count). The molecule has 0 spiro atoms. The van der Waals surface area contributed by atoms with Crippen molar-refractivity contribution in [1.82, 2.24) is 0 Å². The van der Waals surface area contributed by atoms with Crippen LogP contribution in [0.25, 0.3) is 0 Å². The van der Waals surface area contributed by atoms with Crippen LogP contribution in [0.2, 0.25) is 0 Å². The molecular formula is C12H16NO+. The van der Waals surface area contributed by atoms with Gasteiger partial charge in [-0.2, -0.15) is 4.58 Å². The summed E-state index contributed by atoms with van der Waals surface area (Å²) in [6.07, 6.45) is 2.19. The SMILES string of the molecule is CC1(C)C=[N+](CCO)c2ccccc21. The smallest absolute Gasteiger partial charge is 0.209 e. The molecule has 0 atom stereocenters. The van der Waals surface area contributed by atoms with Gasteiger partial charge in [0.25, 0.3) is 0 Å². The number of rotatable bonds is 2. The fourth-order valence-corrected chi connectivity index (χ4v) is 2.09. The summed E-state index contributed by atoms with van der Waals surface area (Å²) in [5.41, 5.74) is 2.66. The van der Waals surface area contributed by atoms with Crippen molar-refractivity contribution in [3.05, 3.63) is 29.8 Å². The molecule has 1 heterocycles. The van der Waals surface area contributed by atoms with Gasteiger partial charge in [0.2, 0.25) is 5.69 Å². The molecule has 0 saturated carbocycles. The van der Waals surface area contributed by atoms with Gasteiger partial charge in [0.1, 0.15) is 6.61 Å². The van der Waals surface area contributed by atoms with Crippen molar-refractivity contribution in [2.24, 2.45) is 0 Å². The lowest BCUT2D eigenvalue weighted by Gasteiger charge is -2.09. The molecule has 14 heavy (non-hydrogen) atoms. The Hall–Kier alpha value is -1.15. The molecule has 0 unspecified atom stereocenters. The Morgan fingerprint density at radius 3 is 2.71 bits per heavy atom. The number of aliphatic hydroxyl groups is 1. The first-order valence-corrected chi connectivity index (χ1v) is 4.98. The van der Waals surface area contributed by atoms with Crippen LogP contribution in [-0.2, 0) is 5.41 Å². The van der Waals surface area contributed by atoms with E-state index in [1.807, 2.05) is 6.07 Å². The molecule has 1 aliphatic rings. The highest BCUT2D eigenvalue weighted by Gasteiger charge is 2.36. The van der Waals surface area contributed by atoms with E-state index in [1.54, 1.807) is 0 Å². The number of nitrogens with zero attached hydrogens (tertiary/aromatic N) is 1. The third kappa shape index (κ3) is 1.36. The maximum absolute atomic E-state index is 8.96. The van der Waals surface area contributed by atoms with Crippen LogP contribution >= 0.6 is 0 Å². The summed E-state index contributed by atoms with van der Waals surface area (Å²) >= 11 is 0. The van der Waals surface area contributed by atoms with Crippen LogP contribution in [0.5, 0.6) is 0 Å². The summed E-state index contributed by atoms with van der Waals surface area (Å²) < 4.78 is 2.13. The molecule has 1 N–H and O–H groups in total. The van der Waals surface area contributed by atoms with Gasteiger partial charge in [-0.3, -0.25) is 0 Å². The van der Waals surface area contributed by atoms with Gasteiger partial charge in [-0.25, -0.2) is 0 Å². The fourth-order valence-electron chi connectivity index (χ4n) is 2.09. The van der Waals surface area contributed by atoms with Crippen molar-refractivity contribution in [1.29, 1.82) is 0 Å². The second kappa shape index (κ2) is 3.21. The summed E-state index contributed by atoms with van der Waals surface area (Å²) in [7, 11) is 0. The topological polar surface area (TPSA) is 23.2 Å². The second-order valence-corrected chi connectivity index (χ2v) is 4.28. The molecule has 0 amide bonds. The highest BCUT2D eigenvalue weighted by Crippen LogP contribution is 2.35. The lowest BCUT2D eigenvalue weighted by atomic mass is 9.87. The van der Waals surface area contributed by atoms with E-state index in [1.165, 1.54) is 11.3 Å². The van der Waals surface area contributed by atoms with Crippen LogP contribution in [0, 0.1) is 0 Å². The van der Waals surface area contributed by atoms with Crippen molar-refractivity contribution in [2.75, 3.05) is 13.2 Å². The van der Waals surface area contributed by atoms with E-state index in [-0.39, 0.29) is 12.0 Å². The zero-order valence-electron chi connectivity index (χ0n) is 8.70. The number of hydrogen-bond donors (Lipinski definition) is 1. The molecule has 1 aromatic carbocycles. The second-order valence-electron chi connectivity index (χ2n) is 4.28. The predicted octanol–water partition coefficient (Wildman–Crippen LogP) is 1.68. The summed E-state index contributed by atoms with van der Waals surface area (Å²) in [4.78, 5) is 0. The first kappa shape index (κ1) is 9.41. The molecule has 1 aliphatic heterocycles. The molecule has 1 aromatic rings. The highest BCUT2D eigenvalue weighted by molar-refractivity contribution is 5.76. The normalized spacial score (nSPS) is 17.8. The quantitative estimate of drug-likeness (QED) is 0.705. The van der Waals surface area contributed by atoms with Crippen molar-refractivity contribution >= 4 is 11.9 Å². The number of para-hydroxylation sites is 1. The Labute approximate surface area is 84.5 Å². The molecule has 0 radical (unpaired) electrons. The van der Waals surface area contributed by atoms with Crippen LogP contribution in [0.1, 0.15) is 19.4 Å². The number of fused-ring (bicyclic) bond motifs is 1. The van der Waals surface area contributed by atoms with Crippen molar-refractivity contribution in [3.8, 4) is 0 Å². The van der Waals surface area contributed by atoms with Gasteiger partial charge in [-0.05, 0) is 13.8 Å². The minimum Gasteiger partial charge on any atom is -0.390 e. The average Bonchev–Trinajstić information content (AvgIpc) is 2.41. The van der Waals surface area contributed by atoms with E-state index in [0.717, 1.165) is 0 Å². The first-order chi connectivity index (χ1) is 6.65. The largest absolute Gasteiger partial charge is 0.390 e. The van der Waals surface area contributed by atoms with Crippen LogP contribution < -0.4 is 0 Å². The summed E-state index contributed by atoms with van der Waals surface area (Å²) in [5, 5.41) is 8.96. The molecule has 0 saturated heterocycles. The maximum atomic E-state index is 8.96. The summed E-state index contributed by atoms with van der Waals surface area (Å²) in [5.74, 6) is 0. The number of hydrogen-bond acceptors (Lipinski definition) is 1. The molecule has 2 nitrogen and oxygen atoms in total. The zero-order chi connectivity index (χ0) is 10.2. The van der Waals surface area contributed by atoms with Crippen molar-refractivity contribution < 1.29 is 9.68 Å². The first-order valence-electron chi connectivity index (χ1n) is 4.98. The van der Waals surface area contributed by atoms with Crippen LogP contribution in [0.3, 0.4) is 0 Å². The van der Waals surface area contributed by atoms with Crippen molar-refractivity contribution in [3.63, 3.8) is 0 Å². The van der Waals surface area contributed by atoms with Gasteiger partial charge in [0.05, 0.1) is 5.41 Å². The molecule has 0 fully saturated rings. The minimum atomic E-state index is 0.0891. The Balaban J connectivity index is 2.49. The molecule has 0 bridgehead atoms. The van der Waals surface area contributed by atoms with Gasteiger partial charge in [-0.15, -0.1) is 0 Å². The molecule has 74 valence electrons. The van der Waals surface area contributed by atoms with Gasteiger partial charge in [0, 0.05) is 11.6 Å². The Kier molecular flexibility index (Phi) is 2.16. The third-order valence-electron chi connectivity index (χ3n) is 2.73. The minimum absolute atomic E-state index is 0.0891. The molecule has 0 aromatic heterocycles. The third-order valence-corrected chi connectivity index (χ3v) is 2.73. The molecule has 2 heteroatoms. The number of β-amino-alcohol motifs (C(OH)–C–C–N with tert-alkyl or cyclic N) is 1. The van der Waals surface area contributed by atoms with Crippen molar-refractivity contribution in [2.45, 2.75) is 19.3 Å². The number of aliphatic hydroxyl groups excluding tert-OH is 1. The van der Waals surface area contributed by atoms with Crippen LogP contribution in [-0.4, -0.2) is 29.0 Å². The van der Waals surface area contributed by atoms with Crippen LogP contribution in [0.15, 0.2) is 24.3 Å². The zero-order valence-corrected chi connectivity index (χ0v) is 8.70. The van der Waals surface area contributed by atoms with E-state index >= 15 is 0 Å². The lowest BCUT2D eigenvalue weighted by Crippen LogP contribution is -2.17. The lowest BCUT2D eigenvalue weighted by molar-refractivity contribution is -0.436. The van der Waals surface area contributed by atoms with E-state index in [2.05, 4.69) is 42.8 Å². The number of benzene rings is 1. The van der Waals surface area contributed by atoms with E-state index in [4.69, 9.17) is 5.11 Å². The highest BCUT2D eigenvalue weighted by atomic mass is 16.3. The monoisotopic (exact) mass is 190 g/mol. The van der Waals surface area contributed by atoms with Gasteiger partial charge >= 0.3 is 0 Å². The Morgan fingerprint density at radius 2 is 2.00 bits per heavy atom. The summed E-state index contributed by atoms with van der Waals surface area (Å²) in [6, 6.07) is 8.37. The summed E-state index contributed by atoms with van der Waals surface area (Å²) in [6.45, 7) is 5.27. The molecular weight excluding hydrogens is 174 g/mol. The Morgan fingerprint density at radius 1 is 1.29 bits per heavy atom. The molecule has 0 aliphatic carbocycles. The van der Waals surface area contributed by atoms with Gasteiger partial charge in [0.15, 0.2) is 12.8 Å². The van der Waals surface area contributed by atoms with E-state index in [0.29, 0.717) is 6.54 Å². The van der Waals surface area contributed by atoms with Gasteiger partial charge < -0.3 is 5.11 Å². The fraction of sp³-hybridized carbons (Fsp3) is 0.417. The van der Waals surface area contributed by atoms with Crippen LogP contribution in [0.4, 0.5) is 5.69 Å². The average molecular weight is 190 g/mol. The Bertz CT molecular complexity index is 380. The standard InChI is InChI=1S/C12H16NO/c1-12(2)9-13(7-8-14)11-6-4-3-5-10(11)12/h3-6,9,14H,7-8H2,1-2H3/q+1. The van der Waals surface area contributed by atoms with E-state index < -0.39 is 0 Å². The van der Waals surface area contributed by atoms with E-state index in [9.17, 15) is 0 Å². The van der Waals surface area contributed by atoms with Gasteiger partial charge in [-0.1, -0.05) is 18.2 Å². The maximum Gasteiger partial charge on any atom is 0.209 e.